The lowest BCUT2D eigenvalue weighted by Gasteiger charge is -2.13. The second-order valence-corrected chi connectivity index (χ2v) is 4.52. The Kier molecular flexibility index (Phi) is 19.2. The van der Waals surface area contributed by atoms with Crippen molar-refractivity contribution in [2.24, 2.45) is 17.4 Å². The molecule has 0 amide bonds. The van der Waals surface area contributed by atoms with Crippen molar-refractivity contribution in [3.8, 4) is 0 Å². The van der Waals surface area contributed by atoms with Crippen LogP contribution < -0.4 is 11.5 Å². The highest BCUT2D eigenvalue weighted by Gasteiger charge is 2.20. The highest BCUT2D eigenvalue weighted by Crippen LogP contribution is 2.43. The summed E-state index contributed by atoms with van der Waals surface area (Å²) in [6.45, 7) is 3.09. The number of carbonyl (C=O) groups is 1. The Hall–Kier alpha value is -0.540. The van der Waals surface area contributed by atoms with Gasteiger partial charge in [-0.15, -0.1) is 0 Å². The number of rotatable bonds is 7. The average Bonchev–Trinajstić information content (AvgIpc) is 2.39. The summed E-state index contributed by atoms with van der Waals surface area (Å²) in [6.07, 6.45) is 0. The van der Waals surface area contributed by atoms with Crippen LogP contribution in [-0.2, 0) is 18.4 Å². The van der Waals surface area contributed by atoms with Crippen LogP contribution in [0.4, 0.5) is 0 Å². The van der Waals surface area contributed by atoms with Crippen LogP contribution in [0.3, 0.4) is 0 Å². The van der Waals surface area contributed by atoms with Crippen LogP contribution in [0.1, 0.15) is 13.8 Å². The van der Waals surface area contributed by atoms with E-state index in [0.717, 1.165) is 0 Å². The smallest absolute Gasteiger partial charge is 0.472 e. The van der Waals surface area contributed by atoms with Crippen LogP contribution in [0.15, 0.2) is 0 Å². The zero-order valence-electron chi connectivity index (χ0n) is 11.5. The van der Waals surface area contributed by atoms with Crippen LogP contribution in [0, 0.1) is 5.92 Å². The number of aliphatic hydroxyl groups excluding tert-OH is 1. The third-order valence-corrected chi connectivity index (χ3v) is 2.36. The highest BCUT2D eigenvalue weighted by atomic mass is 31.2. The van der Waals surface area contributed by atoms with E-state index < -0.39 is 13.8 Å². The van der Waals surface area contributed by atoms with Gasteiger partial charge in [-0.05, 0) is 14.0 Å². The topological polar surface area (TPSA) is 165 Å². The summed E-state index contributed by atoms with van der Waals surface area (Å²) in [5, 5.41) is 16.2. The average molecular weight is 304 g/mol. The second kappa shape index (κ2) is 15.5. The lowest BCUT2D eigenvalue weighted by molar-refractivity contribution is -0.135. The summed E-state index contributed by atoms with van der Waals surface area (Å²) in [4.78, 5) is 18.1. The molecule has 19 heavy (non-hydrogen) atoms. The van der Waals surface area contributed by atoms with Crippen molar-refractivity contribution >= 4 is 13.8 Å². The number of nitrogens with two attached hydrogens (primary N) is 2. The first-order chi connectivity index (χ1) is 8.79. The van der Waals surface area contributed by atoms with E-state index >= 15 is 0 Å². The first-order valence-electron chi connectivity index (χ1n) is 5.51. The molecule has 0 aromatic carbocycles. The van der Waals surface area contributed by atoms with E-state index in [-0.39, 0.29) is 32.3 Å². The van der Waals surface area contributed by atoms with E-state index in [1.165, 1.54) is 7.05 Å². The van der Waals surface area contributed by atoms with Crippen LogP contribution in [0.2, 0.25) is 0 Å². The van der Waals surface area contributed by atoms with Crippen molar-refractivity contribution in [1.82, 2.24) is 0 Å². The number of phosphoric acid groups is 1. The molecule has 0 aliphatic heterocycles. The number of carboxylic acid groups (broad SMARTS) is 1. The molecule has 10 heteroatoms. The fraction of sp³-hybridized carbons (Fsp3) is 0.889. The molecule has 0 aromatic heterocycles. The number of carboxylic acids is 1. The molecule has 118 valence electrons. The van der Waals surface area contributed by atoms with Gasteiger partial charge in [0, 0.05) is 12.5 Å². The van der Waals surface area contributed by atoms with Gasteiger partial charge >= 0.3 is 13.8 Å². The van der Waals surface area contributed by atoms with Gasteiger partial charge in [-0.3, -0.25) is 13.8 Å². The highest BCUT2D eigenvalue weighted by molar-refractivity contribution is 7.47. The second-order valence-electron chi connectivity index (χ2n) is 3.07. The molecule has 0 spiro atoms. The minimum absolute atomic E-state index is 0.0181. The summed E-state index contributed by atoms with van der Waals surface area (Å²) in [5.74, 6) is -1.13. The minimum Gasteiger partial charge on any atom is -0.480 e. The van der Waals surface area contributed by atoms with Gasteiger partial charge in [-0.1, -0.05) is 6.92 Å². The van der Waals surface area contributed by atoms with Crippen molar-refractivity contribution in [1.29, 1.82) is 0 Å². The molecule has 0 saturated carbocycles. The van der Waals surface area contributed by atoms with E-state index in [0.29, 0.717) is 0 Å². The molecule has 0 radical (unpaired) electrons. The minimum atomic E-state index is -3.87. The molecule has 0 bridgehead atoms. The Morgan fingerprint density at radius 1 is 1.37 bits per heavy atom. The lowest BCUT2D eigenvalue weighted by Crippen LogP contribution is -2.10. The largest absolute Gasteiger partial charge is 0.480 e. The molecule has 0 aliphatic carbocycles. The molecular weight excluding hydrogens is 279 g/mol. The van der Waals surface area contributed by atoms with Crippen LogP contribution in [0.25, 0.3) is 0 Å². The van der Waals surface area contributed by atoms with Crippen molar-refractivity contribution in [3.63, 3.8) is 0 Å². The van der Waals surface area contributed by atoms with Crippen LogP contribution >= 0.6 is 7.82 Å². The Balaban J connectivity index is -0.000000307. The first-order valence-corrected chi connectivity index (χ1v) is 7.00. The number of aliphatic carboxylic acids is 1. The van der Waals surface area contributed by atoms with E-state index in [4.69, 9.17) is 15.1 Å². The first kappa shape index (κ1) is 23.5. The van der Waals surface area contributed by atoms with E-state index in [9.17, 15) is 9.36 Å². The molecule has 0 fully saturated rings. The SMILES string of the molecule is CCOP(=O)(O)OCC(C)CO.CN.NCC(=O)O. The van der Waals surface area contributed by atoms with Crippen molar-refractivity contribution in [2.75, 3.05) is 33.4 Å². The Labute approximate surface area is 113 Å². The summed E-state index contributed by atoms with van der Waals surface area (Å²) in [7, 11) is -2.37. The standard InChI is InChI=1S/C6H15O5P.C2H5NO2.CH5N/c1-3-10-12(8,9)11-5-6(2)4-7;3-1-2(4)5;1-2/h6-7H,3-5H2,1-2H3,(H,8,9);1,3H2,(H,4,5);2H2,1H3. The van der Waals surface area contributed by atoms with Crippen molar-refractivity contribution < 1.29 is 33.5 Å². The Morgan fingerprint density at radius 2 is 1.79 bits per heavy atom. The monoisotopic (exact) mass is 304 g/mol. The van der Waals surface area contributed by atoms with Crippen molar-refractivity contribution in [2.45, 2.75) is 13.8 Å². The molecule has 2 atom stereocenters. The molecule has 0 heterocycles. The lowest BCUT2D eigenvalue weighted by atomic mass is 10.2. The number of aliphatic hydroxyl groups is 1. The summed E-state index contributed by atoms with van der Waals surface area (Å²) in [6, 6.07) is 0. The van der Waals surface area contributed by atoms with E-state index in [2.05, 4.69) is 20.5 Å². The molecule has 0 aliphatic rings. The third kappa shape index (κ3) is 23.0. The summed E-state index contributed by atoms with van der Waals surface area (Å²) >= 11 is 0. The molecule has 9 nitrogen and oxygen atoms in total. The molecule has 2 unspecified atom stereocenters. The molecule has 0 aromatic rings. The van der Waals surface area contributed by atoms with Gasteiger partial charge in [-0.2, -0.15) is 0 Å². The third-order valence-electron chi connectivity index (χ3n) is 1.30. The van der Waals surface area contributed by atoms with E-state index in [1.807, 2.05) is 0 Å². The summed E-state index contributed by atoms with van der Waals surface area (Å²) in [5.41, 5.74) is 9.07. The predicted octanol–water partition coefficient (Wildman–Crippen LogP) is -0.627. The van der Waals surface area contributed by atoms with Crippen LogP contribution in [-0.4, -0.2) is 54.5 Å². The maximum atomic E-state index is 10.9. The zero-order chi connectivity index (χ0) is 15.9. The fourth-order valence-corrected chi connectivity index (χ4v) is 1.32. The Morgan fingerprint density at radius 3 is 2.05 bits per heavy atom. The fourth-order valence-electron chi connectivity index (χ4n) is 0.475. The van der Waals surface area contributed by atoms with Gasteiger partial charge in [0.1, 0.15) is 0 Å². The molecular formula is C9H25N2O7P. The maximum Gasteiger partial charge on any atom is 0.472 e. The van der Waals surface area contributed by atoms with Gasteiger partial charge in [0.25, 0.3) is 0 Å². The van der Waals surface area contributed by atoms with Crippen molar-refractivity contribution in [3.05, 3.63) is 0 Å². The van der Waals surface area contributed by atoms with E-state index in [1.54, 1.807) is 13.8 Å². The van der Waals surface area contributed by atoms with Gasteiger partial charge < -0.3 is 26.6 Å². The zero-order valence-corrected chi connectivity index (χ0v) is 12.4. The number of hydrogen-bond acceptors (Lipinski definition) is 7. The number of phosphoric ester groups is 1. The van der Waals surface area contributed by atoms with Crippen LogP contribution in [0.5, 0.6) is 0 Å². The summed E-state index contributed by atoms with van der Waals surface area (Å²) < 4.78 is 19.8. The number of hydrogen-bond donors (Lipinski definition) is 5. The normalized spacial score (nSPS) is 14.1. The molecule has 0 rings (SSSR count). The Bertz CT molecular complexity index is 253. The van der Waals surface area contributed by atoms with Gasteiger partial charge in [0.05, 0.1) is 19.8 Å². The maximum absolute atomic E-state index is 10.9. The molecule has 0 saturated heterocycles. The predicted molar refractivity (Wildman–Crippen MR) is 70.5 cm³/mol. The van der Waals surface area contributed by atoms with Gasteiger partial charge in [0.2, 0.25) is 0 Å². The molecule has 7 N–H and O–H groups in total. The quantitative estimate of drug-likeness (QED) is 0.385. The van der Waals surface area contributed by atoms with Gasteiger partial charge in [0.15, 0.2) is 0 Å². The van der Waals surface area contributed by atoms with Gasteiger partial charge in [-0.25, -0.2) is 4.57 Å².